The van der Waals surface area contributed by atoms with Crippen LogP contribution >= 0.6 is 0 Å². The fourth-order valence-corrected chi connectivity index (χ4v) is 0.459. The second-order valence-electron chi connectivity index (χ2n) is 1.78. The lowest BCUT2D eigenvalue weighted by Gasteiger charge is -2.17. The molecule has 66 valence electrons. The van der Waals surface area contributed by atoms with E-state index < -0.39 is 18.4 Å². The molecule has 0 amide bonds. The summed E-state index contributed by atoms with van der Waals surface area (Å²) < 4.78 is 37.2. The topological polar surface area (TPSA) is 49.4 Å². The molecule has 0 saturated carbocycles. The van der Waals surface area contributed by atoms with Gasteiger partial charge >= 0.3 is 6.36 Å². The second-order valence-corrected chi connectivity index (χ2v) is 1.78. The van der Waals surface area contributed by atoms with Crippen molar-refractivity contribution < 1.29 is 27.8 Å². The molecule has 0 aliphatic carbocycles. The number of hydrogen-bond acceptors (Lipinski definition) is 3. The van der Waals surface area contributed by atoms with Gasteiger partial charge in [-0.2, -0.15) is 0 Å². The Hall–Kier alpha value is -0.780. The van der Waals surface area contributed by atoms with E-state index in [0.717, 1.165) is 0 Å². The molecular formula is C5H6F3O3-. The Labute approximate surface area is 60.8 Å². The van der Waals surface area contributed by atoms with E-state index in [9.17, 15) is 23.1 Å². The highest BCUT2D eigenvalue weighted by atomic mass is 19.4. The number of alkyl halides is 3. The highest BCUT2D eigenvalue weighted by Gasteiger charge is 2.33. The van der Waals surface area contributed by atoms with Crippen molar-refractivity contribution in [1.29, 1.82) is 0 Å². The van der Waals surface area contributed by atoms with Crippen molar-refractivity contribution in [3.05, 3.63) is 0 Å². The van der Waals surface area contributed by atoms with Crippen LogP contribution in [0.2, 0.25) is 0 Å². The van der Waals surface area contributed by atoms with Crippen LogP contribution in [-0.2, 0) is 9.53 Å². The summed E-state index contributed by atoms with van der Waals surface area (Å²) in [6.07, 6.45) is -7.10. The van der Waals surface area contributed by atoms with Gasteiger partial charge in [-0.25, -0.2) is 0 Å². The van der Waals surface area contributed by atoms with E-state index in [4.69, 9.17) is 0 Å². The van der Waals surface area contributed by atoms with E-state index in [0.29, 0.717) is 0 Å². The van der Waals surface area contributed by atoms with Gasteiger partial charge < -0.3 is 9.90 Å². The Morgan fingerprint density at radius 3 is 2.18 bits per heavy atom. The maximum absolute atomic E-state index is 11.3. The van der Waals surface area contributed by atoms with Crippen LogP contribution in [0.25, 0.3) is 0 Å². The van der Waals surface area contributed by atoms with Gasteiger partial charge in [0.05, 0.1) is 5.97 Å². The minimum atomic E-state index is -4.92. The first-order valence-electron chi connectivity index (χ1n) is 2.82. The average molecular weight is 171 g/mol. The maximum atomic E-state index is 11.3. The lowest BCUT2D eigenvalue weighted by Crippen LogP contribution is -2.40. The van der Waals surface area contributed by atoms with E-state index >= 15 is 0 Å². The Morgan fingerprint density at radius 1 is 1.64 bits per heavy atom. The molecule has 0 aromatic rings. The van der Waals surface area contributed by atoms with Crippen molar-refractivity contribution >= 4 is 5.97 Å². The molecule has 0 saturated heterocycles. The molecule has 0 rings (SSSR count). The van der Waals surface area contributed by atoms with Crippen LogP contribution in [-0.4, -0.2) is 18.4 Å². The third-order valence-corrected chi connectivity index (χ3v) is 0.910. The molecule has 0 radical (unpaired) electrons. The number of ether oxygens (including phenoxy) is 1. The largest absolute Gasteiger partial charge is 0.547 e. The summed E-state index contributed by atoms with van der Waals surface area (Å²) in [6.45, 7) is 1.26. The van der Waals surface area contributed by atoms with Gasteiger partial charge in [-0.1, -0.05) is 6.92 Å². The first-order valence-corrected chi connectivity index (χ1v) is 2.82. The number of carboxylic acid groups (broad SMARTS) is 1. The number of carbonyl (C=O) groups excluding carboxylic acids is 1. The van der Waals surface area contributed by atoms with Gasteiger partial charge in [-0.15, -0.1) is 13.2 Å². The van der Waals surface area contributed by atoms with Crippen molar-refractivity contribution in [2.75, 3.05) is 0 Å². The Bertz CT molecular complexity index is 142. The van der Waals surface area contributed by atoms with Gasteiger partial charge in [0, 0.05) is 0 Å². The van der Waals surface area contributed by atoms with Crippen molar-refractivity contribution in [2.45, 2.75) is 25.8 Å². The summed E-state index contributed by atoms with van der Waals surface area (Å²) in [5.74, 6) is -1.86. The van der Waals surface area contributed by atoms with Gasteiger partial charge in [0.15, 0.2) is 0 Å². The predicted octanol–water partition coefficient (Wildman–Crippen LogP) is 0.0513. The van der Waals surface area contributed by atoms with Gasteiger partial charge in [-0.05, 0) is 6.42 Å². The Balaban J connectivity index is 3.99. The third kappa shape index (κ3) is 4.60. The van der Waals surface area contributed by atoms with Crippen LogP contribution in [0.1, 0.15) is 13.3 Å². The summed E-state index contributed by atoms with van der Waals surface area (Å²) in [6, 6.07) is 0. The molecule has 0 heterocycles. The monoisotopic (exact) mass is 171 g/mol. The average Bonchev–Trinajstić information content (AvgIpc) is 1.80. The van der Waals surface area contributed by atoms with E-state index in [1.54, 1.807) is 0 Å². The number of halogens is 3. The normalized spacial score (nSPS) is 14.5. The number of carboxylic acids is 1. The number of aliphatic carboxylic acids is 1. The van der Waals surface area contributed by atoms with Crippen LogP contribution in [0.5, 0.6) is 0 Å². The summed E-state index contributed by atoms with van der Waals surface area (Å²) in [4.78, 5) is 9.87. The summed E-state index contributed by atoms with van der Waals surface area (Å²) >= 11 is 0. The Morgan fingerprint density at radius 2 is 2.09 bits per heavy atom. The molecule has 3 nitrogen and oxygen atoms in total. The SMILES string of the molecule is CCC(OC(F)(F)F)C(=O)[O-]. The van der Waals surface area contributed by atoms with Crippen molar-refractivity contribution in [3.8, 4) is 0 Å². The van der Waals surface area contributed by atoms with Crippen molar-refractivity contribution in [2.24, 2.45) is 0 Å². The summed E-state index contributed by atoms with van der Waals surface area (Å²) in [7, 11) is 0. The highest BCUT2D eigenvalue weighted by molar-refractivity contribution is 5.69. The van der Waals surface area contributed by atoms with Gasteiger partial charge in [0.2, 0.25) is 0 Å². The number of carbonyl (C=O) groups is 1. The Kier molecular flexibility index (Phi) is 3.31. The minimum absolute atomic E-state index is 0.276. The third-order valence-electron chi connectivity index (χ3n) is 0.910. The lowest BCUT2D eigenvalue weighted by atomic mass is 10.3. The first kappa shape index (κ1) is 10.2. The molecule has 1 atom stereocenters. The second kappa shape index (κ2) is 3.56. The zero-order valence-corrected chi connectivity index (χ0v) is 5.64. The molecule has 0 fully saturated rings. The van der Waals surface area contributed by atoms with E-state index in [2.05, 4.69) is 4.74 Å². The van der Waals surface area contributed by atoms with Crippen molar-refractivity contribution in [1.82, 2.24) is 0 Å². The van der Waals surface area contributed by atoms with Gasteiger partial charge in [0.1, 0.15) is 6.10 Å². The van der Waals surface area contributed by atoms with Crippen molar-refractivity contribution in [3.63, 3.8) is 0 Å². The summed E-state index contributed by atoms with van der Waals surface area (Å²) in [5, 5.41) is 9.87. The zero-order valence-electron chi connectivity index (χ0n) is 5.64. The molecule has 0 aromatic carbocycles. The van der Waals surface area contributed by atoms with Crippen LogP contribution < -0.4 is 5.11 Å². The van der Waals surface area contributed by atoms with Crippen LogP contribution in [0.3, 0.4) is 0 Å². The minimum Gasteiger partial charge on any atom is -0.547 e. The van der Waals surface area contributed by atoms with Crippen LogP contribution in [0, 0.1) is 0 Å². The standard InChI is InChI=1S/C5H7F3O3/c1-2-3(4(9)10)11-5(6,7)8/h3H,2H2,1H3,(H,9,10)/p-1. The molecule has 0 spiro atoms. The molecule has 0 aliphatic rings. The van der Waals surface area contributed by atoms with Crippen LogP contribution in [0.15, 0.2) is 0 Å². The van der Waals surface area contributed by atoms with Gasteiger partial charge in [0.25, 0.3) is 0 Å². The lowest BCUT2D eigenvalue weighted by molar-refractivity contribution is -0.368. The number of rotatable bonds is 3. The molecule has 1 unspecified atom stereocenters. The first-order chi connectivity index (χ1) is 4.87. The van der Waals surface area contributed by atoms with Crippen LogP contribution in [0.4, 0.5) is 13.2 Å². The maximum Gasteiger partial charge on any atom is 0.523 e. The molecule has 0 aliphatic heterocycles. The van der Waals surface area contributed by atoms with E-state index in [-0.39, 0.29) is 6.42 Å². The van der Waals surface area contributed by atoms with Gasteiger partial charge in [-0.3, -0.25) is 4.74 Å². The van der Waals surface area contributed by atoms with E-state index in [1.165, 1.54) is 6.92 Å². The fourth-order valence-electron chi connectivity index (χ4n) is 0.459. The summed E-state index contributed by atoms with van der Waals surface area (Å²) in [5.41, 5.74) is 0. The zero-order chi connectivity index (χ0) is 9.07. The fraction of sp³-hybridized carbons (Fsp3) is 0.800. The molecule has 11 heavy (non-hydrogen) atoms. The molecule has 0 N–H and O–H groups in total. The number of hydrogen-bond donors (Lipinski definition) is 0. The molecular weight excluding hydrogens is 165 g/mol. The quantitative estimate of drug-likeness (QED) is 0.602. The molecule has 0 bridgehead atoms. The highest BCUT2D eigenvalue weighted by Crippen LogP contribution is 2.19. The molecule has 6 heteroatoms. The molecule has 0 aromatic heterocycles. The smallest absolute Gasteiger partial charge is 0.523 e. The van der Waals surface area contributed by atoms with E-state index in [1.807, 2.05) is 0 Å². The predicted molar refractivity (Wildman–Crippen MR) is 26.2 cm³/mol.